The Hall–Kier alpha value is -1.71. The van der Waals surface area contributed by atoms with E-state index in [4.69, 9.17) is 0 Å². The molecule has 0 spiro atoms. The van der Waals surface area contributed by atoms with E-state index < -0.39 is 0 Å². The first-order valence-electron chi connectivity index (χ1n) is 4.51. The smallest absolute Gasteiger partial charge is 0.230 e. The summed E-state index contributed by atoms with van der Waals surface area (Å²) in [6.45, 7) is 7.58. The molecule has 0 aliphatic heterocycles. The second-order valence-electron chi connectivity index (χ2n) is 2.75. The van der Waals surface area contributed by atoms with E-state index in [-0.39, 0.29) is 0 Å². The van der Waals surface area contributed by atoms with Gasteiger partial charge in [0, 0.05) is 5.70 Å². The third-order valence-corrected chi connectivity index (χ3v) is 1.59. The number of rotatable bonds is 4. The minimum Gasteiger partial charge on any atom is -0.324 e. The molecule has 1 rings (SSSR count). The van der Waals surface area contributed by atoms with E-state index in [2.05, 4.69) is 33.8 Å². The Kier molecular flexibility index (Phi) is 3.79. The van der Waals surface area contributed by atoms with Gasteiger partial charge in [-0.05, 0) is 19.4 Å². The molecule has 0 aromatic carbocycles. The van der Waals surface area contributed by atoms with Crippen LogP contribution in [-0.2, 0) is 0 Å². The summed E-state index contributed by atoms with van der Waals surface area (Å²) in [6, 6.07) is 0. The van der Waals surface area contributed by atoms with Gasteiger partial charge in [-0.3, -0.25) is 0 Å². The third-order valence-electron chi connectivity index (χ3n) is 1.59. The van der Waals surface area contributed by atoms with Gasteiger partial charge in [-0.1, -0.05) is 19.6 Å². The molecule has 0 fully saturated rings. The quantitative estimate of drug-likeness (QED) is 0.738. The molecule has 0 saturated carbocycles. The number of aryl methyl sites for hydroxylation is 1. The van der Waals surface area contributed by atoms with Crippen molar-refractivity contribution in [1.82, 2.24) is 15.0 Å². The van der Waals surface area contributed by atoms with Crippen molar-refractivity contribution in [3.8, 4) is 0 Å². The lowest BCUT2D eigenvalue weighted by atomic mass is 10.3. The maximum absolute atomic E-state index is 4.12. The van der Waals surface area contributed by atoms with E-state index in [0.29, 0.717) is 11.8 Å². The molecule has 0 atom stereocenters. The molecule has 0 radical (unpaired) electrons. The van der Waals surface area contributed by atoms with Crippen LogP contribution in [0.25, 0.3) is 0 Å². The van der Waals surface area contributed by atoms with Crippen LogP contribution in [0.3, 0.4) is 0 Å². The Morgan fingerprint density at radius 2 is 2.36 bits per heavy atom. The van der Waals surface area contributed by atoms with Gasteiger partial charge < -0.3 is 5.32 Å². The van der Waals surface area contributed by atoms with Crippen molar-refractivity contribution in [2.24, 2.45) is 0 Å². The number of allylic oxidation sites excluding steroid dienone is 2. The molecule has 0 unspecified atom stereocenters. The minimum absolute atomic E-state index is 0.553. The second kappa shape index (κ2) is 5.11. The number of anilines is 1. The number of nitrogens with zero attached hydrogens (tertiary/aromatic N) is 3. The van der Waals surface area contributed by atoms with Gasteiger partial charge in [0.05, 0.1) is 0 Å². The summed E-state index contributed by atoms with van der Waals surface area (Å²) in [7, 11) is 0. The minimum atomic E-state index is 0.553. The highest BCUT2D eigenvalue weighted by atomic mass is 15.1. The highest BCUT2D eigenvalue weighted by Gasteiger charge is 1.97. The monoisotopic (exact) mass is 190 g/mol. The van der Waals surface area contributed by atoms with Crippen molar-refractivity contribution in [3.63, 3.8) is 0 Å². The summed E-state index contributed by atoms with van der Waals surface area (Å²) in [4.78, 5) is 12.0. The molecule has 1 aromatic heterocycles. The van der Waals surface area contributed by atoms with Crippen LogP contribution in [0.1, 0.15) is 19.2 Å². The maximum Gasteiger partial charge on any atom is 0.230 e. The number of aromatic nitrogens is 3. The zero-order chi connectivity index (χ0) is 10.4. The van der Waals surface area contributed by atoms with Crippen LogP contribution in [-0.4, -0.2) is 15.0 Å². The van der Waals surface area contributed by atoms with Gasteiger partial charge in [0.1, 0.15) is 12.2 Å². The summed E-state index contributed by atoms with van der Waals surface area (Å²) in [5.41, 5.74) is 0.915. The molecule has 0 amide bonds. The van der Waals surface area contributed by atoms with Crippen LogP contribution in [0.15, 0.2) is 30.8 Å². The van der Waals surface area contributed by atoms with Gasteiger partial charge >= 0.3 is 0 Å². The maximum atomic E-state index is 4.12. The van der Waals surface area contributed by atoms with Crippen molar-refractivity contribution in [1.29, 1.82) is 0 Å². The van der Waals surface area contributed by atoms with Crippen molar-refractivity contribution in [2.45, 2.75) is 20.3 Å². The standard InChI is InChI=1S/C10H14N4/c1-4-6-9(5-2)14-10-12-7-11-8(3)13-10/h5-7H,2,4H2,1,3H3,(H,11,12,13,14)/b9-6+. The van der Waals surface area contributed by atoms with Gasteiger partial charge in [0.25, 0.3) is 0 Å². The van der Waals surface area contributed by atoms with Crippen molar-refractivity contribution < 1.29 is 0 Å². The molecule has 0 aliphatic rings. The highest BCUT2D eigenvalue weighted by Crippen LogP contribution is 2.03. The molecule has 0 bridgehead atoms. The van der Waals surface area contributed by atoms with Gasteiger partial charge in [0.15, 0.2) is 0 Å². The predicted octanol–water partition coefficient (Wildman–Crippen LogP) is 2.07. The molecule has 4 heteroatoms. The number of nitrogens with one attached hydrogen (secondary N) is 1. The second-order valence-corrected chi connectivity index (χ2v) is 2.75. The third kappa shape index (κ3) is 2.97. The Morgan fingerprint density at radius 1 is 1.57 bits per heavy atom. The van der Waals surface area contributed by atoms with Gasteiger partial charge in [-0.15, -0.1) is 0 Å². The molecule has 1 heterocycles. The molecular formula is C10H14N4. The molecule has 0 aliphatic carbocycles. The highest BCUT2D eigenvalue weighted by molar-refractivity contribution is 5.38. The van der Waals surface area contributed by atoms with Crippen molar-refractivity contribution in [2.75, 3.05) is 5.32 Å². The lowest BCUT2D eigenvalue weighted by Gasteiger charge is -2.04. The molecular weight excluding hydrogens is 176 g/mol. The Balaban J connectivity index is 2.77. The van der Waals surface area contributed by atoms with Crippen molar-refractivity contribution >= 4 is 5.95 Å². The van der Waals surface area contributed by atoms with Crippen LogP contribution in [0.2, 0.25) is 0 Å². The van der Waals surface area contributed by atoms with E-state index in [1.54, 1.807) is 6.08 Å². The Morgan fingerprint density at radius 3 is 2.93 bits per heavy atom. The van der Waals surface area contributed by atoms with Crippen molar-refractivity contribution in [3.05, 3.63) is 36.6 Å². The van der Waals surface area contributed by atoms with Crippen LogP contribution >= 0.6 is 0 Å². The largest absolute Gasteiger partial charge is 0.324 e. The Bertz CT molecular complexity index is 344. The molecule has 0 saturated heterocycles. The average Bonchev–Trinajstić information content (AvgIpc) is 2.17. The van der Waals surface area contributed by atoms with E-state index in [1.807, 2.05) is 13.0 Å². The normalized spacial score (nSPS) is 11.1. The summed E-state index contributed by atoms with van der Waals surface area (Å²) >= 11 is 0. The SMILES string of the molecule is C=C/C(=C\CC)Nc1ncnc(C)n1. The van der Waals surface area contributed by atoms with Gasteiger partial charge in [0.2, 0.25) is 5.95 Å². The Labute approximate surface area is 83.8 Å². The van der Waals surface area contributed by atoms with E-state index in [0.717, 1.165) is 12.1 Å². The first-order valence-corrected chi connectivity index (χ1v) is 4.51. The van der Waals surface area contributed by atoms with E-state index in [9.17, 15) is 0 Å². The lowest BCUT2D eigenvalue weighted by Crippen LogP contribution is -2.03. The molecule has 1 N–H and O–H groups in total. The fourth-order valence-electron chi connectivity index (χ4n) is 0.973. The zero-order valence-electron chi connectivity index (χ0n) is 8.49. The van der Waals surface area contributed by atoms with Crippen LogP contribution < -0.4 is 5.32 Å². The molecule has 4 nitrogen and oxygen atoms in total. The molecule has 1 aromatic rings. The van der Waals surface area contributed by atoms with Crippen LogP contribution in [0.4, 0.5) is 5.95 Å². The first kappa shape index (κ1) is 10.4. The van der Waals surface area contributed by atoms with Crippen LogP contribution in [0, 0.1) is 6.92 Å². The number of hydrogen-bond donors (Lipinski definition) is 1. The van der Waals surface area contributed by atoms with E-state index >= 15 is 0 Å². The van der Waals surface area contributed by atoms with Gasteiger partial charge in [-0.2, -0.15) is 4.98 Å². The fraction of sp³-hybridized carbons (Fsp3) is 0.300. The van der Waals surface area contributed by atoms with E-state index in [1.165, 1.54) is 6.33 Å². The summed E-state index contributed by atoms with van der Waals surface area (Å²) in [6.07, 6.45) is 6.19. The summed E-state index contributed by atoms with van der Waals surface area (Å²) in [5.74, 6) is 1.25. The predicted molar refractivity (Wildman–Crippen MR) is 56.8 cm³/mol. The topological polar surface area (TPSA) is 50.7 Å². The first-order chi connectivity index (χ1) is 6.76. The lowest BCUT2D eigenvalue weighted by molar-refractivity contribution is 0.976. The zero-order valence-corrected chi connectivity index (χ0v) is 8.49. The number of hydrogen-bond acceptors (Lipinski definition) is 4. The summed E-state index contributed by atoms with van der Waals surface area (Å²) < 4.78 is 0. The fourth-order valence-corrected chi connectivity index (χ4v) is 0.973. The van der Waals surface area contributed by atoms with Crippen LogP contribution in [0.5, 0.6) is 0 Å². The van der Waals surface area contributed by atoms with Gasteiger partial charge in [-0.25, -0.2) is 9.97 Å². The summed E-state index contributed by atoms with van der Waals surface area (Å²) in [5, 5.41) is 3.05. The molecule has 14 heavy (non-hydrogen) atoms. The average molecular weight is 190 g/mol. The molecule has 74 valence electrons.